The van der Waals surface area contributed by atoms with Crippen molar-refractivity contribution in [2.24, 2.45) is 5.84 Å². The predicted octanol–water partition coefficient (Wildman–Crippen LogP) is 0.972. The van der Waals surface area contributed by atoms with Crippen LogP contribution in [0, 0.1) is 10.1 Å². The van der Waals surface area contributed by atoms with Crippen molar-refractivity contribution in [1.29, 1.82) is 0 Å². The van der Waals surface area contributed by atoms with E-state index in [2.05, 4.69) is 5.43 Å². The third-order valence-corrected chi connectivity index (χ3v) is 2.42. The summed E-state index contributed by atoms with van der Waals surface area (Å²) in [5.74, 6) is 4.98. The molecule has 1 rings (SSSR count). The van der Waals surface area contributed by atoms with E-state index in [0.29, 0.717) is 12.1 Å². The number of nitrogens with zero attached hydrogens (tertiary/aromatic N) is 2. The minimum Gasteiger partial charge on any atom is -0.342 e. The second-order valence-electron chi connectivity index (χ2n) is 3.45. The lowest BCUT2D eigenvalue weighted by Gasteiger charge is -2.14. The van der Waals surface area contributed by atoms with Gasteiger partial charge < -0.3 is 10.3 Å². The Morgan fingerprint density at radius 2 is 2.24 bits per heavy atom. The summed E-state index contributed by atoms with van der Waals surface area (Å²) in [5, 5.41) is 10.7. The van der Waals surface area contributed by atoms with Gasteiger partial charge in [-0.1, -0.05) is 0 Å². The van der Waals surface area contributed by atoms with Gasteiger partial charge in [-0.05, 0) is 19.1 Å². The predicted molar refractivity (Wildman–Crippen MR) is 63.5 cm³/mol. The van der Waals surface area contributed by atoms with E-state index in [1.165, 1.54) is 23.1 Å². The smallest absolute Gasteiger partial charge is 0.293 e. The summed E-state index contributed by atoms with van der Waals surface area (Å²) < 4.78 is 0. The van der Waals surface area contributed by atoms with Crippen molar-refractivity contribution in [3.63, 3.8) is 0 Å². The van der Waals surface area contributed by atoms with E-state index in [1.807, 2.05) is 6.92 Å². The number of hydrazine groups is 1. The van der Waals surface area contributed by atoms with Gasteiger partial charge in [0.2, 0.25) is 0 Å². The van der Waals surface area contributed by atoms with Gasteiger partial charge in [0.05, 0.1) is 4.92 Å². The quantitative estimate of drug-likeness (QED) is 0.462. The summed E-state index contributed by atoms with van der Waals surface area (Å²) in [6, 6.07) is 4.03. The molecule has 0 unspecified atom stereocenters. The molecule has 0 aromatic heterocycles. The minimum atomic E-state index is -0.563. The summed E-state index contributed by atoms with van der Waals surface area (Å²) >= 11 is 0. The van der Waals surface area contributed by atoms with Gasteiger partial charge in [0.1, 0.15) is 5.69 Å². The first-order valence-electron chi connectivity index (χ1n) is 5.01. The van der Waals surface area contributed by atoms with Gasteiger partial charge in [-0.15, -0.1) is 0 Å². The maximum Gasteiger partial charge on any atom is 0.293 e. The maximum atomic E-state index is 11.8. The van der Waals surface area contributed by atoms with Crippen LogP contribution in [0.4, 0.5) is 11.4 Å². The third kappa shape index (κ3) is 2.70. The lowest BCUT2D eigenvalue weighted by Crippen LogP contribution is -2.26. The molecule has 0 atom stereocenters. The highest BCUT2D eigenvalue weighted by molar-refractivity contribution is 5.95. The molecule has 0 radical (unpaired) electrons. The van der Waals surface area contributed by atoms with Gasteiger partial charge in [0, 0.05) is 25.2 Å². The highest BCUT2D eigenvalue weighted by Gasteiger charge is 2.17. The van der Waals surface area contributed by atoms with E-state index in [1.54, 1.807) is 7.05 Å². The summed E-state index contributed by atoms with van der Waals surface area (Å²) in [4.78, 5) is 23.4. The van der Waals surface area contributed by atoms with Crippen molar-refractivity contribution in [3.05, 3.63) is 33.9 Å². The molecule has 1 aromatic rings. The van der Waals surface area contributed by atoms with Crippen LogP contribution in [0.15, 0.2) is 18.2 Å². The van der Waals surface area contributed by atoms with Gasteiger partial charge in [-0.3, -0.25) is 20.8 Å². The highest BCUT2D eigenvalue weighted by atomic mass is 16.6. The number of carbonyl (C=O) groups excluding carboxylic acids is 1. The van der Waals surface area contributed by atoms with E-state index in [0.717, 1.165) is 0 Å². The van der Waals surface area contributed by atoms with Crippen LogP contribution in [0.5, 0.6) is 0 Å². The van der Waals surface area contributed by atoms with E-state index < -0.39 is 4.92 Å². The van der Waals surface area contributed by atoms with Crippen LogP contribution in [-0.4, -0.2) is 29.3 Å². The van der Waals surface area contributed by atoms with Crippen molar-refractivity contribution in [3.8, 4) is 0 Å². The fraction of sp³-hybridized carbons (Fsp3) is 0.300. The zero-order valence-electron chi connectivity index (χ0n) is 9.64. The Hall–Kier alpha value is -2.15. The first-order chi connectivity index (χ1) is 8.01. The number of benzene rings is 1. The molecular weight excluding hydrogens is 224 g/mol. The monoisotopic (exact) mass is 238 g/mol. The van der Waals surface area contributed by atoms with E-state index in [9.17, 15) is 14.9 Å². The molecule has 3 N–H and O–H groups in total. The van der Waals surface area contributed by atoms with Crippen LogP contribution in [0.2, 0.25) is 0 Å². The van der Waals surface area contributed by atoms with Crippen molar-refractivity contribution in [1.82, 2.24) is 4.90 Å². The fourth-order valence-corrected chi connectivity index (χ4v) is 1.31. The number of nitro groups is 1. The molecule has 17 heavy (non-hydrogen) atoms. The molecule has 0 saturated carbocycles. The second-order valence-corrected chi connectivity index (χ2v) is 3.45. The number of nitrogens with two attached hydrogens (primary N) is 1. The Balaban J connectivity index is 3.13. The molecule has 1 aromatic carbocycles. The number of nitro benzene ring substituents is 1. The summed E-state index contributed by atoms with van der Waals surface area (Å²) in [7, 11) is 1.65. The largest absolute Gasteiger partial charge is 0.342 e. The normalized spacial score (nSPS) is 9.82. The van der Waals surface area contributed by atoms with Gasteiger partial charge in [-0.25, -0.2) is 0 Å². The number of hydrogen-bond donors (Lipinski definition) is 2. The molecule has 0 aliphatic heterocycles. The number of anilines is 1. The second kappa shape index (κ2) is 5.26. The van der Waals surface area contributed by atoms with E-state index in [-0.39, 0.29) is 17.3 Å². The molecule has 0 spiro atoms. The van der Waals surface area contributed by atoms with Crippen LogP contribution < -0.4 is 11.3 Å². The number of hydrogen-bond acceptors (Lipinski definition) is 5. The van der Waals surface area contributed by atoms with E-state index >= 15 is 0 Å². The summed E-state index contributed by atoms with van der Waals surface area (Å²) in [5.41, 5.74) is 2.52. The lowest BCUT2D eigenvalue weighted by molar-refractivity contribution is -0.384. The van der Waals surface area contributed by atoms with Crippen molar-refractivity contribution < 1.29 is 9.72 Å². The molecular formula is C10H14N4O3. The average Bonchev–Trinajstić information content (AvgIpc) is 2.35. The van der Waals surface area contributed by atoms with Crippen LogP contribution in [0.1, 0.15) is 17.3 Å². The summed E-state index contributed by atoms with van der Waals surface area (Å²) in [6.07, 6.45) is 0. The van der Waals surface area contributed by atoms with Crippen LogP contribution in [-0.2, 0) is 0 Å². The maximum absolute atomic E-state index is 11.8. The van der Waals surface area contributed by atoms with Gasteiger partial charge in [-0.2, -0.15) is 0 Å². The number of carbonyl (C=O) groups is 1. The molecule has 7 nitrogen and oxygen atoms in total. The average molecular weight is 238 g/mol. The Labute approximate surface area is 98.3 Å². The molecule has 7 heteroatoms. The van der Waals surface area contributed by atoms with Gasteiger partial charge >= 0.3 is 0 Å². The molecule has 0 fully saturated rings. The number of nitrogen functional groups attached to an aromatic ring is 1. The molecule has 0 saturated heterocycles. The molecule has 92 valence electrons. The first kappa shape index (κ1) is 12.9. The third-order valence-electron chi connectivity index (χ3n) is 2.42. The molecule has 0 bridgehead atoms. The fourth-order valence-electron chi connectivity index (χ4n) is 1.31. The zero-order valence-corrected chi connectivity index (χ0v) is 9.64. The Bertz CT molecular complexity index is 447. The summed E-state index contributed by atoms with van der Waals surface area (Å²) in [6.45, 7) is 2.40. The number of amides is 1. The number of nitrogens with one attached hydrogen (secondary N) is 1. The van der Waals surface area contributed by atoms with Crippen LogP contribution >= 0.6 is 0 Å². The molecule has 0 aliphatic rings. The van der Waals surface area contributed by atoms with Crippen molar-refractivity contribution in [2.75, 3.05) is 19.0 Å². The minimum absolute atomic E-state index is 0.116. The Kier molecular flexibility index (Phi) is 4.00. The van der Waals surface area contributed by atoms with Crippen molar-refractivity contribution >= 4 is 17.3 Å². The molecule has 1 amide bonds. The van der Waals surface area contributed by atoms with Gasteiger partial charge in [0.15, 0.2) is 0 Å². The van der Waals surface area contributed by atoms with Crippen LogP contribution in [0.25, 0.3) is 0 Å². The Morgan fingerprint density at radius 3 is 2.71 bits per heavy atom. The van der Waals surface area contributed by atoms with Crippen molar-refractivity contribution in [2.45, 2.75) is 6.92 Å². The lowest BCUT2D eigenvalue weighted by atomic mass is 10.1. The highest BCUT2D eigenvalue weighted by Crippen LogP contribution is 2.24. The number of rotatable bonds is 4. The SMILES string of the molecule is CCN(C)C(=O)c1ccc([N+](=O)[O-])c(NN)c1. The Morgan fingerprint density at radius 1 is 1.59 bits per heavy atom. The molecule has 0 aliphatic carbocycles. The standard InChI is InChI=1S/C10H14N4O3/c1-3-13(2)10(15)7-4-5-9(14(16)17)8(6-7)12-11/h4-6,12H,3,11H2,1-2H3. The van der Waals surface area contributed by atoms with E-state index in [4.69, 9.17) is 5.84 Å². The first-order valence-corrected chi connectivity index (χ1v) is 5.01. The zero-order chi connectivity index (χ0) is 13.0. The molecule has 0 heterocycles. The topological polar surface area (TPSA) is 102 Å². The van der Waals surface area contributed by atoms with Gasteiger partial charge in [0.25, 0.3) is 11.6 Å². The van der Waals surface area contributed by atoms with Crippen LogP contribution in [0.3, 0.4) is 0 Å².